The van der Waals surface area contributed by atoms with Crippen molar-refractivity contribution in [2.75, 3.05) is 26.6 Å². The summed E-state index contributed by atoms with van der Waals surface area (Å²) in [6.07, 6.45) is 8.40. The average molecular weight is 594 g/mol. The van der Waals surface area contributed by atoms with Crippen LogP contribution in [0.25, 0.3) is 11.1 Å². The highest BCUT2D eigenvalue weighted by molar-refractivity contribution is 5.86. The maximum Gasteiger partial charge on any atom is 0.242 e. The second-order valence-electron chi connectivity index (χ2n) is 12.1. The summed E-state index contributed by atoms with van der Waals surface area (Å²) < 4.78 is 17.2. The Kier molecular flexibility index (Phi) is 10.9. The van der Waals surface area contributed by atoms with Gasteiger partial charge < -0.3 is 30.2 Å². The number of ether oxygens (including phenoxy) is 3. The summed E-state index contributed by atoms with van der Waals surface area (Å²) in [5.74, 6) is 1.47. The minimum absolute atomic E-state index is 0.0759. The number of amides is 2. The van der Waals surface area contributed by atoms with E-state index in [4.69, 9.17) is 14.2 Å². The molecule has 0 bridgehead atoms. The van der Waals surface area contributed by atoms with E-state index in [1.54, 1.807) is 33.5 Å². The number of aryl methyl sites for hydroxylation is 1. The van der Waals surface area contributed by atoms with Gasteiger partial charge in [0, 0.05) is 18.5 Å². The molecule has 4 rings (SSSR count). The molecular formula is C34H47N3O6. The SMILES string of the molecule is COc1cc2c(c(OC)c1OC)-c1ccc(NC(CC(C)C)C(=O)NC3CCCCCC3)c(=O)cc1C(NC(C)=O)CC2. The zero-order valence-corrected chi connectivity index (χ0v) is 26.4. The Labute approximate surface area is 255 Å². The van der Waals surface area contributed by atoms with Crippen LogP contribution in [0.4, 0.5) is 5.69 Å². The third kappa shape index (κ3) is 7.61. The molecule has 9 nitrogen and oxygen atoms in total. The van der Waals surface area contributed by atoms with Crippen molar-refractivity contribution in [1.29, 1.82) is 0 Å². The molecule has 0 heterocycles. The molecular weight excluding hydrogens is 546 g/mol. The summed E-state index contributed by atoms with van der Waals surface area (Å²) >= 11 is 0. The molecule has 0 aromatic heterocycles. The van der Waals surface area contributed by atoms with Gasteiger partial charge in [-0.3, -0.25) is 14.4 Å². The number of hydrogen-bond acceptors (Lipinski definition) is 7. The first-order chi connectivity index (χ1) is 20.7. The highest BCUT2D eigenvalue weighted by Crippen LogP contribution is 2.50. The quantitative estimate of drug-likeness (QED) is 0.311. The Morgan fingerprint density at radius 1 is 0.907 bits per heavy atom. The van der Waals surface area contributed by atoms with E-state index in [1.165, 1.54) is 19.8 Å². The molecule has 0 aliphatic heterocycles. The normalized spacial score (nSPS) is 17.4. The van der Waals surface area contributed by atoms with E-state index in [1.807, 2.05) is 12.1 Å². The fraction of sp³-hybridized carbons (Fsp3) is 0.559. The third-order valence-electron chi connectivity index (χ3n) is 8.47. The first kappa shape index (κ1) is 32.2. The van der Waals surface area contributed by atoms with Gasteiger partial charge in [0.2, 0.25) is 23.0 Å². The van der Waals surface area contributed by atoms with Crippen LogP contribution in [0, 0.1) is 5.92 Å². The van der Waals surface area contributed by atoms with Crippen LogP contribution in [0.5, 0.6) is 17.2 Å². The second kappa shape index (κ2) is 14.6. The van der Waals surface area contributed by atoms with Gasteiger partial charge in [-0.1, -0.05) is 45.6 Å². The zero-order chi connectivity index (χ0) is 31.1. The summed E-state index contributed by atoms with van der Waals surface area (Å²) in [6.45, 7) is 5.62. The van der Waals surface area contributed by atoms with Crippen molar-refractivity contribution in [1.82, 2.24) is 10.6 Å². The van der Waals surface area contributed by atoms with Crippen LogP contribution in [0.3, 0.4) is 0 Å². The minimum Gasteiger partial charge on any atom is -0.493 e. The molecule has 2 atom stereocenters. The molecule has 9 heteroatoms. The fourth-order valence-electron chi connectivity index (χ4n) is 6.44. The second-order valence-corrected chi connectivity index (χ2v) is 12.1. The van der Waals surface area contributed by atoms with Gasteiger partial charge in [-0.25, -0.2) is 0 Å². The number of benzene rings is 1. The number of carbonyl (C=O) groups excluding carboxylic acids is 2. The maximum absolute atomic E-state index is 13.8. The van der Waals surface area contributed by atoms with E-state index in [0.29, 0.717) is 47.8 Å². The number of rotatable bonds is 10. The van der Waals surface area contributed by atoms with Crippen molar-refractivity contribution in [2.24, 2.45) is 5.92 Å². The molecule has 0 radical (unpaired) electrons. The van der Waals surface area contributed by atoms with Crippen molar-refractivity contribution >= 4 is 17.5 Å². The smallest absolute Gasteiger partial charge is 0.242 e. The number of fused-ring (bicyclic) bond motifs is 3. The first-order valence-electron chi connectivity index (χ1n) is 15.5. The molecule has 2 amide bonds. The van der Waals surface area contributed by atoms with Crippen molar-refractivity contribution in [3.8, 4) is 28.4 Å². The Hall–Kier alpha value is -3.75. The van der Waals surface area contributed by atoms with E-state index >= 15 is 0 Å². The van der Waals surface area contributed by atoms with Gasteiger partial charge >= 0.3 is 0 Å². The number of hydrogen-bond donors (Lipinski definition) is 3. The van der Waals surface area contributed by atoms with E-state index in [-0.39, 0.29) is 29.2 Å². The summed E-state index contributed by atoms with van der Waals surface area (Å²) in [7, 11) is 4.71. The summed E-state index contributed by atoms with van der Waals surface area (Å²) in [5, 5.41) is 9.60. The van der Waals surface area contributed by atoms with Gasteiger partial charge in [0.1, 0.15) is 6.04 Å². The highest BCUT2D eigenvalue weighted by Gasteiger charge is 2.30. The molecule has 2 aromatic carbocycles. The number of methoxy groups -OCH3 is 3. The summed E-state index contributed by atoms with van der Waals surface area (Å²) in [5.41, 5.74) is 3.25. The molecule has 0 spiro atoms. The Morgan fingerprint density at radius 2 is 1.60 bits per heavy atom. The number of carbonyl (C=O) groups is 2. The van der Waals surface area contributed by atoms with Gasteiger partial charge in [-0.05, 0) is 72.9 Å². The average Bonchev–Trinajstić information content (AvgIpc) is 3.37. The lowest BCUT2D eigenvalue weighted by Crippen LogP contribution is -2.45. The Bertz CT molecular complexity index is 1370. The van der Waals surface area contributed by atoms with Crippen LogP contribution in [0.1, 0.15) is 89.3 Å². The Balaban J connectivity index is 1.81. The number of anilines is 1. The summed E-state index contributed by atoms with van der Waals surface area (Å²) in [6, 6.07) is 6.33. The standard InChI is InChI=1S/C34H47N3O6/c1-20(2)17-28(34(40)36-23-11-9-7-8-10-12-23)37-27-16-14-24-25(19-29(27)39)26(35-21(3)38)15-13-22-18-30(41-4)32(42-5)33(43-6)31(22)24/h14,16,18-20,23,26,28H,7-13,15,17H2,1-6H3,(H,35,38)(H,36,40)(H,37,39). The summed E-state index contributed by atoms with van der Waals surface area (Å²) in [4.78, 5) is 39.6. The molecule has 1 fully saturated rings. The lowest BCUT2D eigenvalue weighted by Gasteiger charge is -2.24. The largest absolute Gasteiger partial charge is 0.493 e. The van der Waals surface area contributed by atoms with E-state index in [0.717, 1.165) is 42.4 Å². The molecule has 2 unspecified atom stereocenters. The molecule has 43 heavy (non-hydrogen) atoms. The fourth-order valence-corrected chi connectivity index (χ4v) is 6.44. The monoisotopic (exact) mass is 593 g/mol. The maximum atomic E-state index is 13.8. The molecule has 2 aliphatic rings. The van der Waals surface area contributed by atoms with E-state index in [2.05, 4.69) is 29.8 Å². The van der Waals surface area contributed by atoms with Crippen LogP contribution < -0.4 is 35.6 Å². The zero-order valence-electron chi connectivity index (χ0n) is 26.4. The van der Waals surface area contributed by atoms with Crippen molar-refractivity contribution in [2.45, 2.75) is 96.7 Å². The molecule has 2 aliphatic carbocycles. The van der Waals surface area contributed by atoms with Gasteiger partial charge in [-0.2, -0.15) is 0 Å². The molecule has 2 aromatic rings. The van der Waals surface area contributed by atoms with Crippen LogP contribution in [-0.4, -0.2) is 45.2 Å². The molecule has 234 valence electrons. The van der Waals surface area contributed by atoms with E-state index in [9.17, 15) is 14.4 Å². The van der Waals surface area contributed by atoms with Crippen LogP contribution in [0.2, 0.25) is 0 Å². The van der Waals surface area contributed by atoms with Gasteiger partial charge in [0.05, 0.1) is 33.1 Å². The van der Waals surface area contributed by atoms with Crippen LogP contribution in [0.15, 0.2) is 29.1 Å². The predicted molar refractivity (Wildman–Crippen MR) is 169 cm³/mol. The van der Waals surface area contributed by atoms with E-state index < -0.39 is 12.1 Å². The predicted octanol–water partition coefficient (Wildman–Crippen LogP) is 5.53. The van der Waals surface area contributed by atoms with Crippen molar-refractivity contribution in [3.63, 3.8) is 0 Å². The lowest BCUT2D eigenvalue weighted by atomic mass is 9.95. The number of nitrogens with one attached hydrogen (secondary N) is 3. The van der Waals surface area contributed by atoms with Crippen LogP contribution >= 0.6 is 0 Å². The van der Waals surface area contributed by atoms with Crippen molar-refractivity contribution < 1.29 is 23.8 Å². The first-order valence-corrected chi connectivity index (χ1v) is 15.5. The lowest BCUT2D eigenvalue weighted by molar-refractivity contribution is -0.123. The highest BCUT2D eigenvalue weighted by atomic mass is 16.5. The van der Waals surface area contributed by atoms with Crippen LogP contribution in [-0.2, 0) is 16.0 Å². The van der Waals surface area contributed by atoms with Gasteiger partial charge in [0.25, 0.3) is 0 Å². The van der Waals surface area contributed by atoms with Gasteiger partial charge in [0.15, 0.2) is 11.5 Å². The third-order valence-corrected chi connectivity index (χ3v) is 8.47. The topological polar surface area (TPSA) is 115 Å². The van der Waals surface area contributed by atoms with Crippen molar-refractivity contribution in [3.05, 3.63) is 45.6 Å². The Morgan fingerprint density at radius 3 is 2.21 bits per heavy atom. The molecule has 1 saturated carbocycles. The minimum atomic E-state index is -0.560. The molecule has 0 saturated heterocycles. The molecule has 3 N–H and O–H groups in total. The van der Waals surface area contributed by atoms with Gasteiger partial charge in [-0.15, -0.1) is 0 Å².